The Hall–Kier alpha value is -2.41. The molecule has 1 aromatic carbocycles. The largest absolute Gasteiger partial charge is 0.388 e. The fourth-order valence-corrected chi connectivity index (χ4v) is 3.29. The minimum atomic E-state index is -0.797. The maximum absolute atomic E-state index is 13.8. The molecule has 0 aliphatic heterocycles. The van der Waals surface area contributed by atoms with Gasteiger partial charge in [-0.2, -0.15) is 5.10 Å². The summed E-state index contributed by atoms with van der Waals surface area (Å²) in [5, 5.41) is 20.2. The van der Waals surface area contributed by atoms with Crippen LogP contribution in [-0.2, 0) is 0 Å². The van der Waals surface area contributed by atoms with Crippen molar-refractivity contribution in [1.29, 1.82) is 0 Å². The first kappa shape index (κ1) is 18.4. The van der Waals surface area contributed by atoms with Crippen LogP contribution in [0.3, 0.4) is 0 Å². The summed E-state index contributed by atoms with van der Waals surface area (Å²) in [4.78, 5) is 12.1. The molecule has 140 valence electrons. The number of carbonyl (C=O) groups excluding carboxylic acids is 1. The Labute approximate surface area is 152 Å². The van der Waals surface area contributed by atoms with Crippen LogP contribution in [0.2, 0.25) is 0 Å². The number of aromatic nitrogens is 2. The number of hydrogen-bond donors (Lipinski definition) is 3. The van der Waals surface area contributed by atoms with Crippen molar-refractivity contribution >= 4 is 6.03 Å². The fraction of sp³-hybridized carbons (Fsp3) is 0.474. The molecule has 3 rings (SSSR count). The van der Waals surface area contributed by atoms with Gasteiger partial charge in [-0.15, -0.1) is 0 Å². The predicted molar refractivity (Wildman–Crippen MR) is 96.5 cm³/mol. The van der Waals surface area contributed by atoms with Crippen LogP contribution >= 0.6 is 0 Å². The molecule has 6 nitrogen and oxygen atoms in total. The van der Waals surface area contributed by atoms with E-state index in [2.05, 4.69) is 15.7 Å². The average molecular weight is 360 g/mol. The SMILES string of the molecule is C[C@H](NC(=O)NCC1(O)CCCCC1)c1cnn(-c2ccccc2F)c1. The Morgan fingerprint density at radius 3 is 2.81 bits per heavy atom. The van der Waals surface area contributed by atoms with Crippen LogP contribution in [0.1, 0.15) is 50.6 Å². The van der Waals surface area contributed by atoms with Crippen molar-refractivity contribution in [1.82, 2.24) is 20.4 Å². The molecule has 0 spiro atoms. The second-order valence-corrected chi connectivity index (χ2v) is 7.00. The van der Waals surface area contributed by atoms with Gasteiger partial charge in [0.05, 0.1) is 17.8 Å². The number of halogens is 1. The van der Waals surface area contributed by atoms with E-state index in [9.17, 15) is 14.3 Å². The van der Waals surface area contributed by atoms with Crippen LogP contribution in [0.4, 0.5) is 9.18 Å². The summed E-state index contributed by atoms with van der Waals surface area (Å²) in [6.45, 7) is 2.08. The van der Waals surface area contributed by atoms with Gasteiger partial charge >= 0.3 is 6.03 Å². The first-order valence-corrected chi connectivity index (χ1v) is 9.03. The van der Waals surface area contributed by atoms with Crippen molar-refractivity contribution < 1.29 is 14.3 Å². The zero-order valence-corrected chi connectivity index (χ0v) is 14.9. The number of benzene rings is 1. The Kier molecular flexibility index (Phi) is 5.56. The van der Waals surface area contributed by atoms with Crippen LogP contribution in [0.5, 0.6) is 0 Å². The maximum Gasteiger partial charge on any atom is 0.315 e. The second kappa shape index (κ2) is 7.86. The lowest BCUT2D eigenvalue weighted by atomic mass is 9.85. The molecule has 3 N–H and O–H groups in total. The van der Waals surface area contributed by atoms with Crippen molar-refractivity contribution in [3.63, 3.8) is 0 Å². The van der Waals surface area contributed by atoms with E-state index in [1.165, 1.54) is 10.7 Å². The highest BCUT2D eigenvalue weighted by Gasteiger charge is 2.29. The summed E-state index contributed by atoms with van der Waals surface area (Å²) in [5.74, 6) is -0.360. The molecule has 7 heteroatoms. The number of urea groups is 1. The van der Waals surface area contributed by atoms with Crippen LogP contribution in [0.15, 0.2) is 36.7 Å². The summed E-state index contributed by atoms with van der Waals surface area (Å²) in [6, 6.07) is 5.75. The minimum Gasteiger partial charge on any atom is -0.388 e. The van der Waals surface area contributed by atoms with Gasteiger partial charge in [-0.25, -0.2) is 13.9 Å². The molecule has 2 aromatic rings. The quantitative estimate of drug-likeness (QED) is 0.767. The van der Waals surface area contributed by atoms with E-state index >= 15 is 0 Å². The van der Waals surface area contributed by atoms with Crippen LogP contribution < -0.4 is 10.6 Å². The summed E-state index contributed by atoms with van der Waals surface area (Å²) < 4.78 is 15.3. The number of para-hydroxylation sites is 1. The van der Waals surface area contributed by atoms with E-state index in [4.69, 9.17) is 0 Å². The molecular formula is C19H25FN4O2. The molecule has 1 atom stereocenters. The number of nitrogens with one attached hydrogen (secondary N) is 2. The molecule has 26 heavy (non-hydrogen) atoms. The van der Waals surface area contributed by atoms with Gasteiger partial charge in [0.15, 0.2) is 0 Å². The Bertz CT molecular complexity index is 756. The van der Waals surface area contributed by atoms with E-state index in [1.807, 2.05) is 6.92 Å². The highest BCUT2D eigenvalue weighted by Crippen LogP contribution is 2.27. The molecular weight excluding hydrogens is 335 g/mol. The monoisotopic (exact) mass is 360 g/mol. The molecule has 0 saturated heterocycles. The van der Waals surface area contributed by atoms with Crippen molar-refractivity contribution in [3.8, 4) is 5.69 Å². The van der Waals surface area contributed by atoms with Gasteiger partial charge in [0, 0.05) is 18.3 Å². The van der Waals surface area contributed by atoms with Gasteiger partial charge in [-0.05, 0) is 31.9 Å². The molecule has 1 fully saturated rings. The Morgan fingerprint density at radius 1 is 1.35 bits per heavy atom. The highest BCUT2D eigenvalue weighted by atomic mass is 19.1. The molecule has 2 amide bonds. The van der Waals surface area contributed by atoms with E-state index in [-0.39, 0.29) is 24.4 Å². The predicted octanol–water partition coefficient (Wildman–Crippen LogP) is 3.07. The molecule has 1 saturated carbocycles. The topological polar surface area (TPSA) is 79.2 Å². The van der Waals surface area contributed by atoms with Crippen molar-refractivity contribution in [2.45, 2.75) is 50.7 Å². The third-order valence-corrected chi connectivity index (χ3v) is 4.91. The average Bonchev–Trinajstić information content (AvgIpc) is 3.11. The molecule has 1 aromatic heterocycles. The van der Waals surface area contributed by atoms with Gasteiger partial charge in [0.1, 0.15) is 11.5 Å². The number of amides is 2. The van der Waals surface area contributed by atoms with E-state index < -0.39 is 5.60 Å². The van der Waals surface area contributed by atoms with Crippen LogP contribution in [-0.4, -0.2) is 33.1 Å². The zero-order chi connectivity index (χ0) is 18.6. The highest BCUT2D eigenvalue weighted by molar-refractivity contribution is 5.74. The lowest BCUT2D eigenvalue weighted by molar-refractivity contribution is 0.00713. The number of carbonyl (C=O) groups is 1. The smallest absolute Gasteiger partial charge is 0.315 e. The van der Waals surface area contributed by atoms with E-state index in [0.29, 0.717) is 5.69 Å². The molecule has 0 unspecified atom stereocenters. The summed E-state index contributed by atoms with van der Waals surface area (Å²) >= 11 is 0. The normalized spacial score (nSPS) is 17.5. The first-order chi connectivity index (χ1) is 12.5. The molecule has 1 heterocycles. The van der Waals surface area contributed by atoms with Gasteiger partial charge < -0.3 is 15.7 Å². The number of nitrogens with zero attached hydrogens (tertiary/aromatic N) is 2. The van der Waals surface area contributed by atoms with Crippen molar-refractivity contribution in [2.75, 3.05) is 6.54 Å². The van der Waals surface area contributed by atoms with Gasteiger partial charge in [-0.3, -0.25) is 0 Å². The lowest BCUT2D eigenvalue weighted by Gasteiger charge is -2.32. The Balaban J connectivity index is 1.55. The molecule has 1 aliphatic carbocycles. The van der Waals surface area contributed by atoms with Gasteiger partial charge in [0.2, 0.25) is 0 Å². The maximum atomic E-state index is 13.8. The molecule has 1 aliphatic rings. The first-order valence-electron chi connectivity index (χ1n) is 9.03. The lowest BCUT2D eigenvalue weighted by Crippen LogP contribution is -2.47. The Morgan fingerprint density at radius 2 is 2.08 bits per heavy atom. The third-order valence-electron chi connectivity index (χ3n) is 4.91. The van der Waals surface area contributed by atoms with Crippen LogP contribution in [0.25, 0.3) is 5.69 Å². The van der Waals surface area contributed by atoms with Crippen molar-refractivity contribution in [3.05, 3.63) is 48.0 Å². The number of aliphatic hydroxyl groups is 1. The second-order valence-electron chi connectivity index (χ2n) is 7.00. The molecule has 0 bridgehead atoms. The standard InChI is InChI=1S/C19H25FN4O2/c1-14(23-18(25)21-13-19(26)9-5-2-6-10-19)15-11-22-24(12-15)17-8-4-3-7-16(17)20/h3-4,7-8,11-12,14,26H,2,5-6,9-10,13H2,1H3,(H2,21,23,25)/t14-/m0/s1. The van der Waals surface area contributed by atoms with Crippen molar-refractivity contribution in [2.24, 2.45) is 0 Å². The summed E-state index contributed by atoms with van der Waals surface area (Å²) in [7, 11) is 0. The third kappa shape index (κ3) is 4.40. The summed E-state index contributed by atoms with van der Waals surface area (Å²) in [6.07, 6.45) is 7.86. The fourth-order valence-electron chi connectivity index (χ4n) is 3.29. The van der Waals surface area contributed by atoms with E-state index in [0.717, 1.165) is 37.7 Å². The van der Waals surface area contributed by atoms with Gasteiger partial charge in [-0.1, -0.05) is 31.4 Å². The number of hydrogen-bond acceptors (Lipinski definition) is 3. The number of rotatable bonds is 5. The zero-order valence-electron chi connectivity index (χ0n) is 14.9. The molecule has 0 radical (unpaired) electrons. The van der Waals surface area contributed by atoms with E-state index in [1.54, 1.807) is 30.6 Å². The van der Waals surface area contributed by atoms with Gasteiger partial charge in [0.25, 0.3) is 0 Å². The summed E-state index contributed by atoms with van der Waals surface area (Å²) in [5.41, 5.74) is 0.323. The van der Waals surface area contributed by atoms with Crippen LogP contribution in [0, 0.1) is 5.82 Å². The minimum absolute atomic E-state index is 0.250.